The summed E-state index contributed by atoms with van der Waals surface area (Å²) in [7, 11) is -25.8. The molecule has 1 N–H and O–H groups in total. The van der Waals surface area contributed by atoms with Crippen LogP contribution in [0.2, 0.25) is 0 Å². The van der Waals surface area contributed by atoms with Crippen molar-refractivity contribution in [2.45, 2.75) is 139 Å². The quantitative estimate of drug-likeness (QED) is 0.0522. The Hall–Kier alpha value is -11.2. The Labute approximate surface area is 703 Å². The second-order valence-electron chi connectivity index (χ2n) is 30.7. The van der Waals surface area contributed by atoms with Gasteiger partial charge in [0.2, 0.25) is 10.0 Å². The SMILES string of the molecule is CCCCc1ccc(-c2cc3ccccc3c3c2OP(=NS(=O)(=O)c2cc(C(F)(F)F)cc(C(F)(F)F)c2)(N=P2(NS(=O)(=O)c4cc(C(F)(F)F)cc(C(F)(F)F)c4)Oc4c(-c5ccc(CCCC)cc5)cc5ccccc5c4-c4c(c(-c5ccc(CCCC)cc5)cc5ccccc45)O2)Oc2c(-c4ccc(CCCC)cc4)cc4ccccc4c2-3)cc1. The van der Waals surface area contributed by atoms with Gasteiger partial charge in [0, 0.05) is 44.5 Å². The van der Waals surface area contributed by atoms with E-state index in [0.29, 0.717) is 91.0 Å². The highest BCUT2D eigenvalue weighted by molar-refractivity contribution is 7.96. The second kappa shape index (κ2) is 33.5. The Morgan fingerprint density at radius 3 is 0.829 bits per heavy atom. The van der Waals surface area contributed by atoms with E-state index in [-0.39, 0.29) is 80.9 Å². The Kier molecular flexibility index (Phi) is 23.2. The molecule has 0 spiro atoms. The van der Waals surface area contributed by atoms with Gasteiger partial charge in [-0.1, -0.05) is 252 Å². The first-order valence-electron chi connectivity index (χ1n) is 40.2. The predicted octanol–water partition coefficient (Wildman–Crippen LogP) is 30.2. The summed E-state index contributed by atoms with van der Waals surface area (Å²) in [5.41, 5.74) is -3.29. The van der Waals surface area contributed by atoms with Crippen LogP contribution in [0.3, 0.4) is 0 Å². The van der Waals surface area contributed by atoms with Crippen molar-refractivity contribution < 1.29 is 87.6 Å². The predicted molar refractivity (Wildman–Crippen MR) is 462 cm³/mol. The maximum Gasteiger partial charge on any atom is 0.465 e. The van der Waals surface area contributed by atoms with Crippen LogP contribution in [0.4, 0.5) is 52.7 Å². The summed E-state index contributed by atoms with van der Waals surface area (Å²) in [5.74, 6) is -1.65. The van der Waals surface area contributed by atoms with Crippen LogP contribution < -0.4 is 22.6 Å². The number of sulfonamides is 2. The van der Waals surface area contributed by atoms with Gasteiger partial charge in [-0.05, 0) is 200 Å². The molecular weight excluding hydrogens is 1680 g/mol. The molecule has 0 saturated carbocycles. The number of rotatable bonds is 22. The molecule has 123 heavy (non-hydrogen) atoms. The third-order valence-corrected chi connectivity index (χ3v) is 30.9. The molecule has 2 aliphatic heterocycles. The fraction of sp³-hybridized carbons (Fsp3) is 0.208. The van der Waals surface area contributed by atoms with Crippen LogP contribution in [-0.2, 0) is 70.4 Å². The number of alkyl halides is 12. The number of hydrogen-bond donors (Lipinski definition) is 1. The van der Waals surface area contributed by atoms with E-state index in [4.69, 9.17) is 22.6 Å². The van der Waals surface area contributed by atoms with Crippen LogP contribution >= 0.6 is 15.3 Å². The van der Waals surface area contributed by atoms with Gasteiger partial charge in [-0.25, -0.2) is 8.42 Å². The van der Waals surface area contributed by atoms with E-state index >= 15 is 69.5 Å². The molecule has 14 aromatic rings. The normalized spacial score (nSPS) is 14.0. The van der Waals surface area contributed by atoms with Crippen molar-refractivity contribution in [3.63, 3.8) is 0 Å². The van der Waals surface area contributed by atoms with Crippen LogP contribution in [-0.4, -0.2) is 16.8 Å². The fourth-order valence-electron chi connectivity index (χ4n) is 15.9. The second-order valence-corrected chi connectivity index (χ2v) is 38.5. The molecule has 2 aliphatic rings. The fourth-order valence-corrected chi connectivity index (χ4v) is 25.1. The Morgan fingerprint density at radius 1 is 0.317 bits per heavy atom. The molecule has 0 aromatic heterocycles. The van der Waals surface area contributed by atoms with Crippen molar-refractivity contribution in [3.8, 4) is 89.8 Å². The number of fused-ring (bicyclic) bond motifs is 14. The van der Waals surface area contributed by atoms with Crippen molar-refractivity contribution in [1.29, 1.82) is 0 Å². The molecule has 16 rings (SSSR count). The van der Waals surface area contributed by atoms with Crippen molar-refractivity contribution >= 4 is 78.5 Å². The first-order valence-corrected chi connectivity index (χ1v) is 46.2. The van der Waals surface area contributed by atoms with Gasteiger partial charge in [-0.3, -0.25) is 0 Å². The van der Waals surface area contributed by atoms with E-state index in [1.807, 2.05) is 76.2 Å². The molecular formula is C96H79F12N3O8P2S2. The zero-order valence-corrected chi connectivity index (χ0v) is 70.1. The number of halogens is 12. The summed E-state index contributed by atoms with van der Waals surface area (Å²) in [4.78, 5) is -3.56. The highest BCUT2D eigenvalue weighted by atomic mass is 32.2. The van der Waals surface area contributed by atoms with Crippen molar-refractivity contribution in [2.75, 3.05) is 0 Å². The van der Waals surface area contributed by atoms with E-state index in [9.17, 15) is 0 Å². The standard InChI is InChI=1S/C96H79F12N3O8P2S2/c1-5-9-21-59-33-41-63(42-34-59)81-49-67-25-13-17-29-77(67)85-86-78-30-18-14-26-68(78)50-82(64-43-35-60(36-44-64)22-10-6-2)90(86)117-120(116-89(81)85,110-122(112,113)75-55-71(93(97,98)99)53-72(56-75)94(100,101)102)109-121(111-123(114,115)76-57-73(95(103,104)105)54-74(58-76)96(106,107)108)118-91-83(65-45-37-61(38-46-65)23-11-7-3)51-69-27-15-19-31-79(69)87(91)88-80-32-20-16-28-70(80)52-84(92(88)119-121)66-47-39-62(40-48-66)24-12-8-4/h13-20,25-58,110H,5-12,21-24H2,1-4H3. The number of nitrogens with zero attached hydrogens (tertiary/aromatic N) is 2. The van der Waals surface area contributed by atoms with Crippen LogP contribution in [0.1, 0.15) is 124 Å². The van der Waals surface area contributed by atoms with Crippen LogP contribution in [0, 0.1) is 0 Å². The maximum absolute atomic E-state index is 16.9. The molecule has 0 unspecified atom stereocenters. The van der Waals surface area contributed by atoms with Gasteiger partial charge in [0.1, 0.15) is 23.0 Å². The van der Waals surface area contributed by atoms with Gasteiger partial charge in [-0.2, -0.15) is 61.1 Å². The Bertz CT molecular complexity index is 6480. The maximum atomic E-state index is 16.9. The molecule has 2 heterocycles. The molecule has 0 saturated heterocycles. The topological polar surface area (TPSA) is 142 Å². The molecule has 0 radical (unpaired) electrons. The van der Waals surface area contributed by atoms with Crippen LogP contribution in [0.5, 0.6) is 23.0 Å². The van der Waals surface area contributed by atoms with Crippen molar-refractivity contribution in [3.05, 3.63) is 299 Å². The van der Waals surface area contributed by atoms with Crippen LogP contribution in [0.15, 0.2) is 273 Å². The highest BCUT2D eigenvalue weighted by Gasteiger charge is 2.50. The summed E-state index contributed by atoms with van der Waals surface area (Å²) in [6, 6.07) is 61.7. The zero-order chi connectivity index (χ0) is 86.8. The average Bonchev–Trinajstić information content (AvgIpc) is 1.57. The van der Waals surface area contributed by atoms with Gasteiger partial charge in [-0.15, -0.1) is 9.01 Å². The third kappa shape index (κ3) is 17.4. The molecule has 14 aromatic carbocycles. The first-order chi connectivity index (χ1) is 58.7. The lowest BCUT2D eigenvalue weighted by Crippen LogP contribution is -2.27. The molecule has 0 amide bonds. The number of aryl methyl sites for hydroxylation is 4. The highest BCUT2D eigenvalue weighted by Crippen LogP contribution is 2.73. The molecule has 0 atom stereocenters. The Balaban J connectivity index is 1.17. The van der Waals surface area contributed by atoms with Crippen molar-refractivity contribution in [2.24, 2.45) is 8.67 Å². The average molecular weight is 1760 g/mol. The van der Waals surface area contributed by atoms with E-state index < -0.39 is 115 Å². The molecule has 27 heteroatoms. The molecule has 0 aliphatic carbocycles. The van der Waals surface area contributed by atoms with Gasteiger partial charge in [0.05, 0.1) is 32.0 Å². The lowest BCUT2D eigenvalue weighted by Gasteiger charge is -2.29. The molecule has 0 fully saturated rings. The van der Waals surface area contributed by atoms with Gasteiger partial charge < -0.3 is 18.1 Å². The Morgan fingerprint density at radius 2 is 0.569 bits per heavy atom. The van der Waals surface area contributed by atoms with E-state index in [1.165, 1.54) is 0 Å². The summed E-state index contributed by atoms with van der Waals surface area (Å²) in [6.07, 6.45) is -14.2. The zero-order valence-electron chi connectivity index (χ0n) is 66.6. The smallest absolute Gasteiger partial charge is 0.417 e. The number of hydrogen-bond acceptors (Lipinski definition) is 8. The molecule has 0 bridgehead atoms. The largest absolute Gasteiger partial charge is 0.465 e. The van der Waals surface area contributed by atoms with Gasteiger partial charge >= 0.3 is 40.0 Å². The summed E-state index contributed by atoms with van der Waals surface area (Å²) in [5, 5.41) is 3.24. The number of nitrogens with one attached hydrogen (secondary N) is 1. The number of unbranched alkanes of at least 4 members (excludes halogenated alkanes) is 4. The van der Waals surface area contributed by atoms with E-state index in [2.05, 4.69) is 8.64 Å². The monoisotopic (exact) mass is 1760 g/mol. The summed E-state index contributed by atoms with van der Waals surface area (Å²) in [6.45, 7) is 8.05. The molecule has 632 valence electrons. The minimum atomic E-state index is -6.52. The van der Waals surface area contributed by atoms with Gasteiger partial charge in [0.15, 0.2) is 0 Å². The first kappa shape index (κ1) is 85.4. The van der Waals surface area contributed by atoms with E-state index in [0.717, 1.165) is 73.6 Å². The van der Waals surface area contributed by atoms with E-state index in [1.54, 1.807) is 170 Å². The molecule has 11 nitrogen and oxygen atoms in total. The summed E-state index contributed by atoms with van der Waals surface area (Å²) >= 11 is 0. The lowest BCUT2D eigenvalue weighted by molar-refractivity contribution is -0.145. The minimum Gasteiger partial charge on any atom is -0.417 e. The third-order valence-electron chi connectivity index (χ3n) is 22.1. The lowest BCUT2D eigenvalue weighted by atomic mass is 9.86. The van der Waals surface area contributed by atoms with Crippen LogP contribution in [0.25, 0.3) is 110 Å². The van der Waals surface area contributed by atoms with Gasteiger partial charge in [0.25, 0.3) is 10.0 Å². The van der Waals surface area contributed by atoms with Crippen molar-refractivity contribution in [1.82, 2.24) is 4.49 Å². The number of benzene rings is 14. The summed E-state index contributed by atoms with van der Waals surface area (Å²) < 4.78 is 297. The minimum absolute atomic E-state index is 0.0600.